The summed E-state index contributed by atoms with van der Waals surface area (Å²) in [6, 6.07) is 7.46. The second-order valence-electron chi connectivity index (χ2n) is 4.88. The van der Waals surface area contributed by atoms with Gasteiger partial charge in [-0.2, -0.15) is 0 Å². The van der Waals surface area contributed by atoms with Crippen LogP contribution in [-0.2, 0) is 11.2 Å². The zero-order valence-corrected chi connectivity index (χ0v) is 11.5. The van der Waals surface area contributed by atoms with Crippen molar-refractivity contribution in [2.45, 2.75) is 13.3 Å². The second-order valence-corrected chi connectivity index (χ2v) is 4.88. The fourth-order valence-corrected chi connectivity index (χ4v) is 2.32. The minimum absolute atomic E-state index is 0.0144. The molecule has 0 unspecified atom stereocenters. The van der Waals surface area contributed by atoms with E-state index < -0.39 is 0 Å². The van der Waals surface area contributed by atoms with Crippen LogP contribution in [0.15, 0.2) is 28.9 Å². The Labute approximate surface area is 120 Å². The van der Waals surface area contributed by atoms with E-state index in [0.29, 0.717) is 17.8 Å². The van der Waals surface area contributed by atoms with Crippen LogP contribution in [0.3, 0.4) is 0 Å². The van der Waals surface area contributed by atoms with Crippen molar-refractivity contribution in [3.63, 3.8) is 0 Å². The molecule has 1 aliphatic rings. The van der Waals surface area contributed by atoms with E-state index in [9.17, 15) is 9.59 Å². The third-order valence-electron chi connectivity index (χ3n) is 3.43. The molecule has 2 heterocycles. The number of nitrogens with zero attached hydrogens (tertiary/aromatic N) is 3. The van der Waals surface area contributed by atoms with E-state index in [4.69, 9.17) is 0 Å². The zero-order valence-electron chi connectivity index (χ0n) is 11.5. The predicted octanol–water partition coefficient (Wildman–Crippen LogP) is 1.02. The average Bonchev–Trinajstić information content (AvgIpc) is 2.87. The molecule has 7 heteroatoms. The van der Waals surface area contributed by atoms with Gasteiger partial charge in [0.05, 0.1) is 0 Å². The Morgan fingerprint density at radius 2 is 2.19 bits per heavy atom. The Balaban J connectivity index is 1.68. The standard InChI is InChI=1S/C14H14N4O3/c1-9-13(17-21-16-9)15-12(19)8-18-7-6-10-4-2-3-5-11(10)14(18)20/h2-5H,6-8H2,1H3,(H,15,17,19). The van der Waals surface area contributed by atoms with Crippen LogP contribution in [0.2, 0.25) is 0 Å². The summed E-state index contributed by atoms with van der Waals surface area (Å²) in [7, 11) is 0. The number of anilines is 1. The van der Waals surface area contributed by atoms with Gasteiger partial charge in [-0.1, -0.05) is 23.4 Å². The molecular weight excluding hydrogens is 272 g/mol. The van der Waals surface area contributed by atoms with E-state index in [-0.39, 0.29) is 24.2 Å². The summed E-state index contributed by atoms with van der Waals surface area (Å²) >= 11 is 0. The monoisotopic (exact) mass is 286 g/mol. The number of hydrogen-bond donors (Lipinski definition) is 1. The molecule has 0 bridgehead atoms. The van der Waals surface area contributed by atoms with Crippen molar-refractivity contribution >= 4 is 17.6 Å². The summed E-state index contributed by atoms with van der Waals surface area (Å²) in [5, 5.41) is 9.74. The lowest BCUT2D eigenvalue weighted by Gasteiger charge is -2.27. The Hall–Kier alpha value is -2.70. The number of aryl methyl sites for hydroxylation is 1. The van der Waals surface area contributed by atoms with Crippen LogP contribution in [0.1, 0.15) is 21.6 Å². The van der Waals surface area contributed by atoms with Gasteiger partial charge < -0.3 is 10.2 Å². The summed E-state index contributed by atoms with van der Waals surface area (Å²) in [6.45, 7) is 2.19. The Bertz CT molecular complexity index is 695. The third-order valence-corrected chi connectivity index (χ3v) is 3.43. The van der Waals surface area contributed by atoms with Crippen molar-refractivity contribution in [2.75, 3.05) is 18.4 Å². The van der Waals surface area contributed by atoms with Gasteiger partial charge in [-0.25, -0.2) is 4.63 Å². The topological polar surface area (TPSA) is 88.3 Å². The van der Waals surface area contributed by atoms with Gasteiger partial charge >= 0.3 is 0 Å². The second kappa shape index (κ2) is 5.35. The van der Waals surface area contributed by atoms with Crippen molar-refractivity contribution in [3.05, 3.63) is 41.1 Å². The number of nitrogens with one attached hydrogen (secondary N) is 1. The van der Waals surface area contributed by atoms with Gasteiger partial charge in [-0.05, 0) is 30.1 Å². The van der Waals surface area contributed by atoms with Crippen LogP contribution in [-0.4, -0.2) is 40.1 Å². The van der Waals surface area contributed by atoms with Crippen LogP contribution >= 0.6 is 0 Å². The molecule has 1 aliphatic heterocycles. The number of carbonyl (C=O) groups is 2. The van der Waals surface area contributed by atoms with E-state index in [0.717, 1.165) is 12.0 Å². The number of carbonyl (C=O) groups excluding carboxylic acids is 2. The van der Waals surface area contributed by atoms with E-state index in [1.165, 1.54) is 4.90 Å². The number of aromatic nitrogens is 2. The Kier molecular flexibility index (Phi) is 3.39. The minimum Gasteiger partial charge on any atom is -0.329 e. The van der Waals surface area contributed by atoms with Crippen LogP contribution in [0.4, 0.5) is 5.82 Å². The molecule has 0 aliphatic carbocycles. The summed E-state index contributed by atoms with van der Waals surface area (Å²) in [5.41, 5.74) is 2.19. The fraction of sp³-hybridized carbons (Fsp3) is 0.286. The molecule has 0 spiro atoms. The van der Waals surface area contributed by atoms with Crippen LogP contribution < -0.4 is 5.32 Å². The summed E-state index contributed by atoms with van der Waals surface area (Å²) < 4.78 is 4.51. The fourth-order valence-electron chi connectivity index (χ4n) is 2.32. The van der Waals surface area contributed by atoms with Crippen molar-refractivity contribution in [3.8, 4) is 0 Å². The normalized spacial score (nSPS) is 14.0. The van der Waals surface area contributed by atoms with Crippen molar-refractivity contribution < 1.29 is 14.2 Å². The molecule has 2 amide bonds. The van der Waals surface area contributed by atoms with E-state index in [1.54, 1.807) is 13.0 Å². The molecule has 7 nitrogen and oxygen atoms in total. The Morgan fingerprint density at radius 3 is 2.95 bits per heavy atom. The first kappa shape index (κ1) is 13.3. The highest BCUT2D eigenvalue weighted by Gasteiger charge is 2.25. The van der Waals surface area contributed by atoms with Gasteiger partial charge in [-0.3, -0.25) is 9.59 Å². The molecular formula is C14H14N4O3. The number of benzene rings is 1. The molecule has 0 atom stereocenters. The molecule has 21 heavy (non-hydrogen) atoms. The first-order chi connectivity index (χ1) is 10.1. The lowest BCUT2D eigenvalue weighted by Crippen LogP contribution is -2.42. The SMILES string of the molecule is Cc1nonc1NC(=O)CN1CCc2ccccc2C1=O. The molecule has 1 aromatic heterocycles. The van der Waals surface area contributed by atoms with Gasteiger partial charge in [0.15, 0.2) is 5.82 Å². The van der Waals surface area contributed by atoms with Gasteiger partial charge in [0, 0.05) is 12.1 Å². The van der Waals surface area contributed by atoms with E-state index >= 15 is 0 Å². The number of hydrogen-bond acceptors (Lipinski definition) is 5. The highest BCUT2D eigenvalue weighted by molar-refractivity contribution is 6.00. The molecule has 1 N–H and O–H groups in total. The quantitative estimate of drug-likeness (QED) is 0.910. The number of fused-ring (bicyclic) bond motifs is 1. The summed E-state index contributed by atoms with van der Waals surface area (Å²) in [4.78, 5) is 25.8. The molecule has 1 aromatic carbocycles. The van der Waals surface area contributed by atoms with Crippen LogP contribution in [0.25, 0.3) is 0 Å². The van der Waals surface area contributed by atoms with Crippen molar-refractivity contribution in [1.29, 1.82) is 0 Å². The predicted molar refractivity (Wildman–Crippen MR) is 73.7 cm³/mol. The van der Waals surface area contributed by atoms with E-state index in [1.807, 2.05) is 18.2 Å². The first-order valence-electron chi connectivity index (χ1n) is 6.61. The Morgan fingerprint density at radius 1 is 1.38 bits per heavy atom. The first-order valence-corrected chi connectivity index (χ1v) is 6.61. The summed E-state index contributed by atoms with van der Waals surface area (Å²) in [6.07, 6.45) is 0.750. The average molecular weight is 286 g/mol. The van der Waals surface area contributed by atoms with Crippen molar-refractivity contribution in [1.82, 2.24) is 15.2 Å². The highest BCUT2D eigenvalue weighted by Crippen LogP contribution is 2.18. The largest absolute Gasteiger partial charge is 0.329 e. The van der Waals surface area contributed by atoms with Crippen molar-refractivity contribution in [2.24, 2.45) is 0 Å². The molecule has 0 saturated heterocycles. The van der Waals surface area contributed by atoms with E-state index in [2.05, 4.69) is 20.3 Å². The maximum absolute atomic E-state index is 12.3. The smallest absolute Gasteiger partial charge is 0.254 e. The molecule has 0 saturated carbocycles. The molecule has 2 aromatic rings. The minimum atomic E-state index is -0.318. The van der Waals surface area contributed by atoms with Gasteiger partial charge in [0.2, 0.25) is 5.91 Å². The van der Waals surface area contributed by atoms with Gasteiger partial charge in [0.25, 0.3) is 5.91 Å². The van der Waals surface area contributed by atoms with Gasteiger partial charge in [0.1, 0.15) is 12.2 Å². The lowest BCUT2D eigenvalue weighted by molar-refractivity contribution is -0.117. The maximum atomic E-state index is 12.3. The molecule has 108 valence electrons. The zero-order chi connectivity index (χ0) is 14.8. The van der Waals surface area contributed by atoms with Crippen LogP contribution in [0, 0.1) is 6.92 Å². The maximum Gasteiger partial charge on any atom is 0.254 e. The molecule has 0 fully saturated rings. The highest BCUT2D eigenvalue weighted by atomic mass is 16.6. The van der Waals surface area contributed by atoms with Crippen LogP contribution in [0.5, 0.6) is 0 Å². The third kappa shape index (κ3) is 2.62. The molecule has 0 radical (unpaired) electrons. The summed E-state index contributed by atoms with van der Waals surface area (Å²) in [5.74, 6) is -0.159. The lowest BCUT2D eigenvalue weighted by atomic mass is 9.99. The van der Waals surface area contributed by atoms with Gasteiger partial charge in [-0.15, -0.1) is 0 Å². The number of amides is 2. The number of rotatable bonds is 3. The molecule has 3 rings (SSSR count).